The summed E-state index contributed by atoms with van der Waals surface area (Å²) in [5, 5.41) is 7.83. The molecule has 0 aliphatic carbocycles. The fourth-order valence-corrected chi connectivity index (χ4v) is 3.33. The van der Waals surface area contributed by atoms with E-state index < -0.39 is 5.82 Å². The van der Waals surface area contributed by atoms with Gasteiger partial charge in [0.25, 0.3) is 11.1 Å². The zero-order chi connectivity index (χ0) is 17.8. The highest BCUT2D eigenvalue weighted by molar-refractivity contribution is 7.99. The Bertz CT molecular complexity index is 782. The zero-order valence-electron chi connectivity index (χ0n) is 13.4. The predicted octanol–water partition coefficient (Wildman–Crippen LogP) is 1.69. The molecule has 1 aliphatic heterocycles. The maximum Gasteiger partial charge on any atom is 0.277 e. The Morgan fingerprint density at radius 2 is 2.16 bits per heavy atom. The highest BCUT2D eigenvalue weighted by Gasteiger charge is 2.27. The first-order valence-corrected chi connectivity index (χ1v) is 8.81. The summed E-state index contributed by atoms with van der Waals surface area (Å²) in [4.78, 5) is 25.2. The Morgan fingerprint density at radius 1 is 1.36 bits per heavy atom. The van der Waals surface area contributed by atoms with Crippen LogP contribution in [-0.4, -0.2) is 45.8 Å². The Kier molecular flexibility index (Phi) is 5.32. The zero-order valence-corrected chi connectivity index (χ0v) is 14.2. The molecule has 0 radical (unpaired) electrons. The van der Waals surface area contributed by atoms with Crippen molar-refractivity contribution >= 4 is 23.6 Å². The molecule has 3 rings (SSSR count). The van der Waals surface area contributed by atoms with Crippen LogP contribution in [0, 0.1) is 11.7 Å². The quantitative estimate of drug-likeness (QED) is 0.810. The van der Waals surface area contributed by atoms with Crippen LogP contribution >= 0.6 is 11.8 Å². The number of thioether (sulfide) groups is 1. The van der Waals surface area contributed by atoms with E-state index in [-0.39, 0.29) is 40.2 Å². The molecule has 25 heavy (non-hydrogen) atoms. The second-order valence-corrected chi connectivity index (χ2v) is 6.65. The lowest BCUT2D eigenvalue weighted by Crippen LogP contribution is -2.44. The van der Waals surface area contributed by atoms with Gasteiger partial charge in [-0.1, -0.05) is 23.9 Å². The number of hydrogen-bond donors (Lipinski definition) is 1. The van der Waals surface area contributed by atoms with E-state index in [0.717, 1.165) is 18.2 Å². The highest BCUT2D eigenvalue weighted by atomic mass is 32.2. The molecule has 1 aliphatic rings. The molecule has 132 valence electrons. The first kappa shape index (κ1) is 17.4. The molecular formula is C16H17FN4O3S. The van der Waals surface area contributed by atoms with E-state index in [1.165, 1.54) is 6.07 Å². The van der Waals surface area contributed by atoms with Gasteiger partial charge >= 0.3 is 0 Å². The van der Waals surface area contributed by atoms with E-state index in [0.29, 0.717) is 19.5 Å². The number of nitrogens with zero attached hydrogens (tertiary/aromatic N) is 3. The molecule has 0 unspecified atom stereocenters. The van der Waals surface area contributed by atoms with Gasteiger partial charge in [-0.3, -0.25) is 9.59 Å². The van der Waals surface area contributed by atoms with E-state index in [1.807, 2.05) is 0 Å². The molecule has 0 saturated carbocycles. The minimum absolute atomic E-state index is 0.0693. The number of benzene rings is 1. The number of amides is 2. The largest absolute Gasteiger partial charge is 0.411 e. The predicted molar refractivity (Wildman–Crippen MR) is 88.9 cm³/mol. The van der Waals surface area contributed by atoms with Gasteiger partial charge in [0.2, 0.25) is 11.8 Å². The van der Waals surface area contributed by atoms with E-state index in [9.17, 15) is 14.0 Å². The number of nitrogens with two attached hydrogens (primary N) is 1. The maximum absolute atomic E-state index is 13.7. The third-order valence-electron chi connectivity index (χ3n) is 4.01. The van der Waals surface area contributed by atoms with Crippen molar-refractivity contribution in [1.82, 2.24) is 15.1 Å². The van der Waals surface area contributed by atoms with Gasteiger partial charge < -0.3 is 15.1 Å². The van der Waals surface area contributed by atoms with Crippen molar-refractivity contribution in [3.8, 4) is 11.5 Å². The minimum atomic E-state index is -0.454. The molecule has 1 atom stereocenters. The number of likely N-dealkylation sites (tertiary alicyclic amines) is 1. The van der Waals surface area contributed by atoms with E-state index in [2.05, 4.69) is 10.2 Å². The van der Waals surface area contributed by atoms with Crippen LogP contribution in [0.2, 0.25) is 0 Å². The number of hydrogen-bond acceptors (Lipinski definition) is 6. The molecule has 7 nitrogen and oxygen atoms in total. The smallest absolute Gasteiger partial charge is 0.277 e. The van der Waals surface area contributed by atoms with Crippen molar-refractivity contribution in [1.29, 1.82) is 0 Å². The monoisotopic (exact) mass is 364 g/mol. The molecule has 1 saturated heterocycles. The average Bonchev–Trinajstić information content (AvgIpc) is 3.09. The second kappa shape index (κ2) is 7.64. The maximum atomic E-state index is 13.7. The van der Waals surface area contributed by atoms with Gasteiger partial charge in [0.15, 0.2) is 0 Å². The molecule has 2 amide bonds. The molecule has 0 bridgehead atoms. The lowest BCUT2D eigenvalue weighted by Gasteiger charge is -2.31. The molecule has 1 aromatic carbocycles. The van der Waals surface area contributed by atoms with Crippen molar-refractivity contribution in [2.45, 2.75) is 18.1 Å². The standard InChI is InChI=1S/C16H17FN4O3S/c17-12-6-2-1-5-11(12)15-19-20-16(24-15)25-9-13(22)21-7-3-4-10(8-21)14(18)23/h1-2,5-6,10H,3-4,7-9H2,(H2,18,23)/t10-/m0/s1. The van der Waals surface area contributed by atoms with Crippen LogP contribution in [0.15, 0.2) is 33.9 Å². The van der Waals surface area contributed by atoms with E-state index in [4.69, 9.17) is 10.2 Å². The van der Waals surface area contributed by atoms with Gasteiger partial charge in [0.1, 0.15) is 5.82 Å². The van der Waals surface area contributed by atoms with E-state index in [1.54, 1.807) is 23.1 Å². The number of halogens is 1. The number of rotatable bonds is 5. The van der Waals surface area contributed by atoms with Gasteiger partial charge in [0.05, 0.1) is 17.2 Å². The fraction of sp³-hybridized carbons (Fsp3) is 0.375. The van der Waals surface area contributed by atoms with E-state index >= 15 is 0 Å². The SMILES string of the molecule is NC(=O)[C@H]1CCCN(C(=O)CSc2nnc(-c3ccccc3F)o2)C1. The Hall–Kier alpha value is -2.42. The topological polar surface area (TPSA) is 102 Å². The molecule has 2 heterocycles. The van der Waals surface area contributed by atoms with Gasteiger partial charge in [-0.25, -0.2) is 4.39 Å². The first-order chi connectivity index (χ1) is 12.0. The molecule has 2 N–H and O–H groups in total. The van der Waals surface area contributed by atoms with Crippen molar-refractivity contribution in [3.05, 3.63) is 30.1 Å². The van der Waals surface area contributed by atoms with Gasteiger partial charge in [0, 0.05) is 13.1 Å². The first-order valence-electron chi connectivity index (χ1n) is 7.83. The lowest BCUT2D eigenvalue weighted by molar-refractivity contribution is -0.132. The number of carbonyl (C=O) groups excluding carboxylic acids is 2. The van der Waals surface area contributed by atoms with Crippen molar-refractivity contribution in [2.75, 3.05) is 18.8 Å². The fourth-order valence-electron chi connectivity index (χ4n) is 2.66. The van der Waals surface area contributed by atoms with Gasteiger partial charge in [-0.05, 0) is 25.0 Å². The van der Waals surface area contributed by atoms with Crippen LogP contribution < -0.4 is 5.73 Å². The third kappa shape index (κ3) is 4.16. The van der Waals surface area contributed by atoms with Crippen LogP contribution in [0.25, 0.3) is 11.5 Å². The summed E-state index contributed by atoms with van der Waals surface area (Å²) in [7, 11) is 0. The molecule has 9 heteroatoms. The van der Waals surface area contributed by atoms with Crippen LogP contribution in [-0.2, 0) is 9.59 Å². The summed E-state index contributed by atoms with van der Waals surface area (Å²) in [5.41, 5.74) is 5.54. The summed E-state index contributed by atoms with van der Waals surface area (Å²) in [6.07, 6.45) is 1.46. The summed E-state index contributed by atoms with van der Waals surface area (Å²) >= 11 is 1.08. The number of primary amides is 1. The Morgan fingerprint density at radius 3 is 2.92 bits per heavy atom. The van der Waals surface area contributed by atoms with Gasteiger partial charge in [-0.2, -0.15) is 0 Å². The highest BCUT2D eigenvalue weighted by Crippen LogP contribution is 2.25. The number of aromatic nitrogens is 2. The van der Waals surface area contributed by atoms with Crippen LogP contribution in [0.1, 0.15) is 12.8 Å². The Balaban J connectivity index is 1.58. The van der Waals surface area contributed by atoms with Crippen LogP contribution in [0.3, 0.4) is 0 Å². The Labute approximate surface area is 147 Å². The molecule has 1 fully saturated rings. The number of piperidine rings is 1. The molecular weight excluding hydrogens is 347 g/mol. The van der Waals surface area contributed by atoms with Gasteiger partial charge in [-0.15, -0.1) is 10.2 Å². The van der Waals surface area contributed by atoms with Crippen molar-refractivity contribution < 1.29 is 18.4 Å². The van der Waals surface area contributed by atoms with Crippen LogP contribution in [0.5, 0.6) is 0 Å². The summed E-state index contributed by atoms with van der Waals surface area (Å²) in [6, 6.07) is 6.09. The van der Waals surface area contributed by atoms with Crippen molar-refractivity contribution in [3.63, 3.8) is 0 Å². The third-order valence-corrected chi connectivity index (χ3v) is 4.81. The molecule has 1 aromatic heterocycles. The minimum Gasteiger partial charge on any atom is -0.411 e. The lowest BCUT2D eigenvalue weighted by atomic mass is 9.97. The second-order valence-electron chi connectivity index (χ2n) is 5.72. The molecule has 2 aromatic rings. The summed E-state index contributed by atoms with van der Waals surface area (Å²) < 4.78 is 19.1. The number of carbonyl (C=O) groups is 2. The van der Waals surface area contributed by atoms with Crippen LogP contribution in [0.4, 0.5) is 4.39 Å². The summed E-state index contributed by atoms with van der Waals surface area (Å²) in [5.74, 6) is -1.08. The molecule has 0 spiro atoms. The van der Waals surface area contributed by atoms with Crippen molar-refractivity contribution in [2.24, 2.45) is 11.7 Å². The average molecular weight is 364 g/mol. The summed E-state index contributed by atoms with van der Waals surface area (Å²) in [6.45, 7) is 0.951. The normalized spacial score (nSPS) is 17.5.